The van der Waals surface area contributed by atoms with E-state index in [2.05, 4.69) is 36.7 Å². The number of hydrogen-bond acceptors (Lipinski definition) is 7. The number of aryl methyl sites for hydroxylation is 1. The number of carbonyl (C=O) groups is 4. The first-order valence-corrected chi connectivity index (χ1v) is 31.7. The summed E-state index contributed by atoms with van der Waals surface area (Å²) in [5.41, 5.74) is 0.928. The van der Waals surface area contributed by atoms with Crippen molar-refractivity contribution in [3.63, 3.8) is 0 Å². The fraction of sp³-hybridized carbons (Fsp3) is 0.833. The summed E-state index contributed by atoms with van der Waals surface area (Å²) in [7, 11) is -4.27. The van der Waals surface area contributed by atoms with Gasteiger partial charge in [-0.15, -0.1) is 0 Å². The van der Waals surface area contributed by atoms with E-state index in [0.717, 1.165) is 100 Å². The molecule has 3 N–H and O–H groups in total. The Morgan fingerprint density at radius 1 is 0.493 bits per heavy atom. The van der Waals surface area contributed by atoms with Gasteiger partial charge in [-0.25, -0.2) is 8.42 Å². The van der Waals surface area contributed by atoms with Gasteiger partial charge in [-0.3, -0.25) is 24.1 Å². The molecule has 12 nitrogen and oxygen atoms in total. The Bertz CT molecular complexity index is 1520. The molecule has 1 aromatic carbocycles. The quantitative estimate of drug-likeness (QED) is 0.0332. The number of nitrogens with zero attached hydrogens (tertiary/aromatic N) is 2. The maximum absolute atomic E-state index is 13.0. The molecule has 4 amide bonds. The average Bonchev–Trinajstić information content (AvgIpc) is 3.77. The molecule has 2 rings (SSSR count). The minimum absolute atomic E-state index is 0.146. The second-order valence-corrected chi connectivity index (χ2v) is 23.0. The van der Waals surface area contributed by atoms with Crippen molar-refractivity contribution in [3.05, 3.63) is 29.8 Å². The normalized spacial score (nSPS) is 12.7. The number of hydrogen-bond donors (Lipinski definition) is 3. The van der Waals surface area contributed by atoms with Gasteiger partial charge < -0.3 is 25.0 Å². The highest BCUT2D eigenvalue weighted by Crippen LogP contribution is 2.20. The largest absolute Gasteiger partial charge is 0.744 e. The first-order chi connectivity index (χ1) is 35.4. The standard InChI is InChI=1S/C53H103N5O4.C7H8O3S/c1-4-7-10-13-16-19-22-25-28-31-38-50(59)54-42-35-46-58(49-57-45-34-41-53(57)62,47-36-43-55-51(60)39-32-29-26-23-20-17-14-11-8-5-2)48-37-44-56-52(61)40-33-30-27-24-21-18-15-12-9-6-3;1-6-2-4-7(5-3-6)11(8,9)10/h4-49H2,1-3H3,(H2-,54,55,56,59,60,61);2-5H,1H3,(H,8,9,10). The smallest absolute Gasteiger partial charge is 0.226 e. The number of nitrogens with one attached hydrogen (secondary N) is 3. The molecule has 0 aromatic heterocycles. The summed E-state index contributed by atoms with van der Waals surface area (Å²) in [4.78, 5) is 53.2. The lowest BCUT2D eigenvalue weighted by atomic mass is 10.1. The van der Waals surface area contributed by atoms with Gasteiger partial charge in [0.25, 0.3) is 0 Å². The molecule has 0 saturated carbocycles. The Kier molecular flexibility index (Phi) is 43.1. The SMILES string of the molecule is CCCCCCCCCCCCC(=O)NCCC[N+](CCCNC(=O)CCCCCCCCCCCC)(CCCNC(=O)CCCCCCCCCCCC)CN1CCCC1=O.Cc1ccc(S(=O)(=O)[O-])cc1. The van der Waals surface area contributed by atoms with Crippen molar-refractivity contribution in [2.45, 2.75) is 277 Å². The summed E-state index contributed by atoms with van der Waals surface area (Å²) in [5, 5.41) is 9.60. The van der Waals surface area contributed by atoms with Gasteiger partial charge in [-0.1, -0.05) is 212 Å². The summed E-state index contributed by atoms with van der Waals surface area (Å²) in [6.45, 7) is 14.5. The van der Waals surface area contributed by atoms with Crippen molar-refractivity contribution < 1.29 is 36.6 Å². The van der Waals surface area contributed by atoms with Gasteiger partial charge in [-0.2, -0.15) is 0 Å². The van der Waals surface area contributed by atoms with Crippen LogP contribution in [0.25, 0.3) is 0 Å². The van der Waals surface area contributed by atoms with E-state index in [1.807, 2.05) is 11.8 Å². The Morgan fingerprint density at radius 3 is 1.07 bits per heavy atom. The topological polar surface area (TPSA) is 165 Å². The number of carbonyl (C=O) groups excluding carboxylic acids is 4. The van der Waals surface area contributed by atoms with E-state index < -0.39 is 10.1 Å². The van der Waals surface area contributed by atoms with Crippen LogP contribution in [0, 0.1) is 6.92 Å². The van der Waals surface area contributed by atoms with E-state index in [1.54, 1.807) is 12.1 Å². The molecule has 1 aliphatic heterocycles. The van der Waals surface area contributed by atoms with Crippen LogP contribution in [0.1, 0.15) is 270 Å². The Labute approximate surface area is 448 Å². The second kappa shape index (κ2) is 46.3. The van der Waals surface area contributed by atoms with Crippen molar-refractivity contribution in [1.29, 1.82) is 0 Å². The lowest BCUT2D eigenvalue weighted by molar-refractivity contribution is -0.936. The number of amides is 4. The van der Waals surface area contributed by atoms with E-state index in [-0.39, 0.29) is 28.5 Å². The van der Waals surface area contributed by atoms with Gasteiger partial charge in [-0.05, 0) is 44.7 Å². The minimum Gasteiger partial charge on any atom is -0.744 e. The first kappa shape index (κ1) is 68.0. The fourth-order valence-electron chi connectivity index (χ4n) is 9.98. The summed E-state index contributed by atoms with van der Waals surface area (Å²) < 4.78 is 31.9. The van der Waals surface area contributed by atoms with Crippen LogP contribution in [-0.4, -0.2) is 98.5 Å². The van der Waals surface area contributed by atoms with E-state index >= 15 is 0 Å². The zero-order valence-corrected chi connectivity index (χ0v) is 48.3. The van der Waals surface area contributed by atoms with Gasteiger partial charge in [0, 0.05) is 71.1 Å². The van der Waals surface area contributed by atoms with Crippen LogP contribution < -0.4 is 16.0 Å². The molecule has 0 aliphatic carbocycles. The molecule has 1 heterocycles. The van der Waals surface area contributed by atoms with Gasteiger partial charge >= 0.3 is 0 Å². The van der Waals surface area contributed by atoms with Crippen LogP contribution >= 0.6 is 0 Å². The maximum atomic E-state index is 13.0. The van der Waals surface area contributed by atoms with Crippen molar-refractivity contribution in [2.24, 2.45) is 0 Å². The van der Waals surface area contributed by atoms with E-state index in [1.165, 1.54) is 166 Å². The summed E-state index contributed by atoms with van der Waals surface area (Å²) in [6, 6.07) is 5.78. The fourth-order valence-corrected chi connectivity index (χ4v) is 10.4. The molecule has 1 fully saturated rings. The van der Waals surface area contributed by atoms with Crippen molar-refractivity contribution in [3.8, 4) is 0 Å². The molecule has 0 bridgehead atoms. The minimum atomic E-state index is -4.27. The zero-order chi connectivity index (χ0) is 53.5. The Morgan fingerprint density at radius 2 is 0.795 bits per heavy atom. The van der Waals surface area contributed by atoms with Crippen molar-refractivity contribution in [2.75, 3.05) is 52.5 Å². The number of likely N-dealkylation sites (tertiary alicyclic amines) is 1. The van der Waals surface area contributed by atoms with Crippen molar-refractivity contribution >= 4 is 33.7 Å². The monoisotopic (exact) mass is 1050 g/mol. The summed E-state index contributed by atoms with van der Waals surface area (Å²) in [6.07, 6.45) is 43.6. The zero-order valence-electron chi connectivity index (χ0n) is 47.5. The highest BCUT2D eigenvalue weighted by atomic mass is 32.2. The molecule has 0 atom stereocenters. The lowest BCUT2D eigenvalue weighted by Crippen LogP contribution is -2.57. The molecule has 73 heavy (non-hydrogen) atoms. The lowest BCUT2D eigenvalue weighted by Gasteiger charge is -2.41. The average molecular weight is 1050 g/mol. The van der Waals surface area contributed by atoms with Crippen LogP contribution in [0.15, 0.2) is 29.2 Å². The Hall–Kier alpha value is -3.03. The molecule has 0 spiro atoms. The van der Waals surface area contributed by atoms with E-state index in [4.69, 9.17) is 0 Å². The molecule has 1 aliphatic rings. The maximum Gasteiger partial charge on any atom is 0.226 e. The van der Waals surface area contributed by atoms with Crippen LogP contribution in [-0.2, 0) is 29.3 Å². The summed E-state index contributed by atoms with van der Waals surface area (Å²) >= 11 is 0. The second-order valence-electron chi connectivity index (χ2n) is 21.6. The van der Waals surface area contributed by atoms with Gasteiger partial charge in [0.15, 0.2) is 6.67 Å². The molecule has 424 valence electrons. The van der Waals surface area contributed by atoms with Crippen LogP contribution in [0.4, 0.5) is 0 Å². The highest BCUT2D eigenvalue weighted by Gasteiger charge is 2.33. The third-order valence-electron chi connectivity index (χ3n) is 14.6. The van der Waals surface area contributed by atoms with Crippen LogP contribution in [0.5, 0.6) is 0 Å². The van der Waals surface area contributed by atoms with Gasteiger partial charge in [0.2, 0.25) is 23.6 Å². The van der Waals surface area contributed by atoms with Gasteiger partial charge in [0.1, 0.15) is 10.1 Å². The number of quaternary nitrogens is 1. The third kappa shape index (κ3) is 40.0. The predicted molar refractivity (Wildman–Crippen MR) is 302 cm³/mol. The van der Waals surface area contributed by atoms with Crippen LogP contribution in [0.3, 0.4) is 0 Å². The molecule has 1 saturated heterocycles. The van der Waals surface area contributed by atoms with E-state index in [0.29, 0.717) is 52.0 Å². The highest BCUT2D eigenvalue weighted by molar-refractivity contribution is 7.85. The third-order valence-corrected chi connectivity index (χ3v) is 15.5. The molecule has 1 aromatic rings. The van der Waals surface area contributed by atoms with E-state index in [9.17, 15) is 32.1 Å². The number of benzene rings is 1. The first-order valence-electron chi connectivity index (χ1n) is 30.3. The molecule has 0 unspecified atom stereocenters. The number of rotatable bonds is 48. The Balaban J connectivity index is 0.00000212. The molecule has 13 heteroatoms. The van der Waals surface area contributed by atoms with Crippen LogP contribution in [0.2, 0.25) is 0 Å². The molecule has 0 radical (unpaired) electrons. The van der Waals surface area contributed by atoms with Crippen molar-refractivity contribution in [1.82, 2.24) is 20.9 Å². The molecular formula is C60H111N5O7S. The predicted octanol–water partition coefficient (Wildman–Crippen LogP) is 13.7. The summed E-state index contributed by atoms with van der Waals surface area (Å²) in [5.74, 6) is 0.666. The molecular weight excluding hydrogens is 935 g/mol. The van der Waals surface area contributed by atoms with Gasteiger partial charge in [0.05, 0.1) is 24.5 Å². The number of unbranched alkanes of at least 4 members (excludes halogenated alkanes) is 27.